The second-order valence-electron chi connectivity index (χ2n) is 6.04. The lowest BCUT2D eigenvalue weighted by molar-refractivity contribution is -0.512. The van der Waals surface area contributed by atoms with E-state index in [1.165, 1.54) is 15.4 Å². The molecule has 0 unspecified atom stereocenters. The van der Waals surface area contributed by atoms with Crippen molar-refractivity contribution in [1.29, 1.82) is 0 Å². The minimum Gasteiger partial charge on any atom is -0.410 e. The van der Waals surface area contributed by atoms with Crippen LogP contribution in [-0.4, -0.2) is 29.7 Å². The zero-order chi connectivity index (χ0) is 19.1. The molecule has 0 atom stereocenters. The number of benzene rings is 1. The van der Waals surface area contributed by atoms with E-state index in [0.717, 1.165) is 23.5 Å². The summed E-state index contributed by atoms with van der Waals surface area (Å²) >= 11 is 0. The van der Waals surface area contributed by atoms with Gasteiger partial charge in [-0.05, 0) is 30.3 Å². The van der Waals surface area contributed by atoms with Gasteiger partial charge in [0.1, 0.15) is 18.1 Å². The first kappa shape index (κ1) is 17.8. The first-order chi connectivity index (χ1) is 12.2. The van der Waals surface area contributed by atoms with Gasteiger partial charge in [0.15, 0.2) is 5.69 Å². The van der Waals surface area contributed by atoms with Gasteiger partial charge in [0.2, 0.25) is 0 Å². The van der Waals surface area contributed by atoms with Crippen molar-refractivity contribution in [2.45, 2.75) is 6.18 Å². The maximum Gasteiger partial charge on any atom is 0.419 e. The van der Waals surface area contributed by atoms with Gasteiger partial charge in [-0.3, -0.25) is 0 Å². The van der Waals surface area contributed by atoms with Gasteiger partial charge in [0.05, 0.1) is 12.6 Å². The molecule has 2 heterocycles. The third-order valence-corrected chi connectivity index (χ3v) is 3.97. The zero-order valence-corrected chi connectivity index (χ0v) is 14.4. The largest absolute Gasteiger partial charge is 0.419 e. The number of imidazole rings is 1. The number of aryl methyl sites for hydroxylation is 1. The summed E-state index contributed by atoms with van der Waals surface area (Å²) in [6.45, 7) is 0. The monoisotopic (exact) mass is 364 g/mol. The van der Waals surface area contributed by atoms with Gasteiger partial charge in [-0.2, -0.15) is 13.2 Å². The topological polar surface area (TPSA) is 38.6 Å². The summed E-state index contributed by atoms with van der Waals surface area (Å²) in [5, 5.41) is 0. The number of nitrogens with zero attached hydrogens (tertiary/aromatic N) is 3. The number of aromatic nitrogens is 2. The van der Waals surface area contributed by atoms with Gasteiger partial charge in [0, 0.05) is 25.7 Å². The van der Waals surface area contributed by atoms with Crippen molar-refractivity contribution in [3.63, 3.8) is 0 Å². The minimum absolute atomic E-state index is 0.387. The number of fused-ring (bicyclic) bond motifs is 1. The first-order valence-corrected chi connectivity index (χ1v) is 7.74. The van der Waals surface area contributed by atoms with E-state index in [4.69, 9.17) is 4.74 Å². The smallest absolute Gasteiger partial charge is 0.410 e. The molecule has 5 nitrogen and oxygen atoms in total. The zero-order valence-electron chi connectivity index (χ0n) is 14.4. The lowest BCUT2D eigenvalue weighted by Gasteiger charge is -2.10. The molecule has 0 aliphatic carbocycles. The Kier molecular flexibility index (Phi) is 4.35. The SMILES string of the molecule is CN(C)C(=O)Oc1ccc(-c2c[n+]3cc(C(F)(F)F)ccc3n2C)cc1. The van der Waals surface area contributed by atoms with Crippen LogP contribution >= 0.6 is 0 Å². The summed E-state index contributed by atoms with van der Waals surface area (Å²) in [6.07, 6.45) is -2.19. The second kappa shape index (κ2) is 6.36. The Morgan fingerprint density at radius 2 is 1.73 bits per heavy atom. The lowest BCUT2D eigenvalue weighted by atomic mass is 10.1. The van der Waals surface area contributed by atoms with Crippen LogP contribution < -0.4 is 9.14 Å². The number of pyridine rings is 1. The molecule has 136 valence electrons. The Bertz CT molecular complexity index is 960. The molecule has 0 aliphatic heterocycles. The second-order valence-corrected chi connectivity index (χ2v) is 6.04. The number of amides is 1. The minimum atomic E-state index is -4.39. The number of ether oxygens (including phenoxy) is 1. The van der Waals surface area contributed by atoms with E-state index in [1.54, 1.807) is 56.2 Å². The molecule has 3 rings (SSSR count). The summed E-state index contributed by atoms with van der Waals surface area (Å²) in [4.78, 5) is 12.9. The molecule has 3 aromatic rings. The normalized spacial score (nSPS) is 11.6. The van der Waals surface area contributed by atoms with Crippen LogP contribution in [0.25, 0.3) is 16.9 Å². The van der Waals surface area contributed by atoms with Gasteiger partial charge >= 0.3 is 12.3 Å². The number of alkyl halides is 3. The molecule has 8 heteroatoms. The van der Waals surface area contributed by atoms with Crippen LogP contribution in [0.3, 0.4) is 0 Å². The standard InChI is InChI=1S/C18H17F3N3O2/c1-22(2)17(25)26-14-7-4-12(5-8-14)15-11-24-10-13(18(19,20)21)6-9-16(24)23(15)3/h4-11H,1-3H3/q+1. The molecule has 0 aliphatic rings. The summed E-state index contributed by atoms with van der Waals surface area (Å²) in [5.41, 5.74) is 1.43. The van der Waals surface area contributed by atoms with E-state index in [1.807, 2.05) is 0 Å². The van der Waals surface area contributed by atoms with Gasteiger partial charge in [-0.25, -0.2) is 13.8 Å². The highest BCUT2D eigenvalue weighted by atomic mass is 19.4. The first-order valence-electron chi connectivity index (χ1n) is 7.74. The number of hydrogen-bond acceptors (Lipinski definition) is 2. The Hall–Kier alpha value is -3.03. The maximum atomic E-state index is 12.9. The van der Waals surface area contributed by atoms with E-state index in [-0.39, 0.29) is 0 Å². The highest BCUT2D eigenvalue weighted by molar-refractivity contribution is 5.70. The van der Waals surface area contributed by atoms with Crippen LogP contribution in [0.15, 0.2) is 48.8 Å². The summed E-state index contributed by atoms with van der Waals surface area (Å²) < 4.78 is 47.1. The Morgan fingerprint density at radius 3 is 2.31 bits per heavy atom. The summed E-state index contributed by atoms with van der Waals surface area (Å²) in [6, 6.07) is 9.26. The van der Waals surface area contributed by atoms with E-state index in [0.29, 0.717) is 11.4 Å². The highest BCUT2D eigenvalue weighted by Gasteiger charge is 2.32. The molecule has 0 saturated carbocycles. The van der Waals surface area contributed by atoms with Crippen LogP contribution in [0.4, 0.5) is 18.0 Å². The number of carbonyl (C=O) groups excluding carboxylic acids is 1. The van der Waals surface area contributed by atoms with E-state index < -0.39 is 17.8 Å². The van der Waals surface area contributed by atoms with Crippen LogP contribution in [0.1, 0.15) is 5.56 Å². The van der Waals surface area contributed by atoms with Crippen LogP contribution in [0.5, 0.6) is 5.75 Å². The molecule has 26 heavy (non-hydrogen) atoms. The Morgan fingerprint density at radius 1 is 1.08 bits per heavy atom. The van der Waals surface area contributed by atoms with Gasteiger partial charge in [0.25, 0.3) is 5.65 Å². The van der Waals surface area contributed by atoms with Crippen molar-refractivity contribution in [2.24, 2.45) is 7.05 Å². The van der Waals surface area contributed by atoms with Crippen LogP contribution in [-0.2, 0) is 13.2 Å². The van der Waals surface area contributed by atoms with Crippen molar-refractivity contribution in [1.82, 2.24) is 9.47 Å². The van der Waals surface area contributed by atoms with E-state index in [9.17, 15) is 18.0 Å². The average Bonchev–Trinajstić information content (AvgIpc) is 2.91. The Labute approximate surface area is 147 Å². The maximum absolute atomic E-state index is 12.9. The van der Waals surface area contributed by atoms with Crippen molar-refractivity contribution < 1.29 is 27.1 Å². The predicted octanol–water partition coefficient (Wildman–Crippen LogP) is 3.51. The molecule has 0 spiro atoms. The predicted molar refractivity (Wildman–Crippen MR) is 88.7 cm³/mol. The van der Waals surface area contributed by atoms with Crippen molar-refractivity contribution in [3.8, 4) is 17.0 Å². The van der Waals surface area contributed by atoms with Gasteiger partial charge in [-0.1, -0.05) is 0 Å². The van der Waals surface area contributed by atoms with Crippen LogP contribution in [0, 0.1) is 0 Å². The van der Waals surface area contributed by atoms with Gasteiger partial charge in [-0.15, -0.1) is 0 Å². The average molecular weight is 364 g/mol. The van der Waals surface area contributed by atoms with Gasteiger partial charge < -0.3 is 9.64 Å². The number of carbonyl (C=O) groups is 1. The molecule has 0 bridgehead atoms. The fourth-order valence-corrected chi connectivity index (χ4v) is 2.56. The molecule has 2 aromatic heterocycles. The molecule has 0 radical (unpaired) electrons. The summed E-state index contributed by atoms with van der Waals surface area (Å²) in [5.74, 6) is 0.387. The number of rotatable bonds is 2. The third-order valence-electron chi connectivity index (χ3n) is 3.97. The fourth-order valence-electron chi connectivity index (χ4n) is 2.56. The Balaban J connectivity index is 1.95. The molecule has 0 fully saturated rings. The third kappa shape index (κ3) is 3.35. The van der Waals surface area contributed by atoms with E-state index in [2.05, 4.69) is 0 Å². The van der Waals surface area contributed by atoms with Crippen molar-refractivity contribution in [3.05, 3.63) is 54.4 Å². The quantitative estimate of drug-likeness (QED) is 0.653. The molecule has 0 saturated heterocycles. The number of halogens is 3. The van der Waals surface area contributed by atoms with Crippen molar-refractivity contribution >= 4 is 11.7 Å². The molecular formula is C18H17F3N3O2+. The highest BCUT2D eigenvalue weighted by Crippen LogP contribution is 2.29. The van der Waals surface area contributed by atoms with E-state index >= 15 is 0 Å². The molecule has 1 amide bonds. The van der Waals surface area contributed by atoms with Crippen LogP contribution in [0.2, 0.25) is 0 Å². The fraction of sp³-hybridized carbons (Fsp3) is 0.222. The van der Waals surface area contributed by atoms with Crippen molar-refractivity contribution in [2.75, 3.05) is 14.1 Å². The molecule has 0 N–H and O–H groups in total. The molecular weight excluding hydrogens is 347 g/mol. The summed E-state index contributed by atoms with van der Waals surface area (Å²) in [7, 11) is 4.94. The lowest BCUT2D eigenvalue weighted by Crippen LogP contribution is -2.25. The number of hydrogen-bond donors (Lipinski definition) is 0. The molecule has 1 aromatic carbocycles.